The van der Waals surface area contributed by atoms with Gasteiger partial charge in [-0.1, -0.05) is 0 Å². The number of aromatic nitrogens is 2. The van der Waals surface area contributed by atoms with Gasteiger partial charge < -0.3 is 21.1 Å². The van der Waals surface area contributed by atoms with Gasteiger partial charge in [0.1, 0.15) is 33.8 Å². The molecular formula is C14H11N3O4. The minimum atomic E-state index is -0.719. The quantitative estimate of drug-likeness (QED) is 0.499. The molecule has 0 aliphatic carbocycles. The van der Waals surface area contributed by atoms with E-state index in [2.05, 4.69) is 9.97 Å². The number of carbonyl (C=O) groups is 1. The number of nitrogens with two attached hydrogens (primary N) is 1. The highest BCUT2D eigenvalue weighted by Gasteiger charge is 2.17. The van der Waals surface area contributed by atoms with Gasteiger partial charge in [-0.2, -0.15) is 0 Å². The molecule has 0 unspecified atom stereocenters. The Bertz CT molecular complexity index is 921. The van der Waals surface area contributed by atoms with Gasteiger partial charge in [-0.15, -0.1) is 0 Å². The summed E-state index contributed by atoms with van der Waals surface area (Å²) in [6.45, 7) is 1.52. The average Bonchev–Trinajstić information content (AvgIpc) is 2.44. The highest BCUT2D eigenvalue weighted by molar-refractivity contribution is 6.07. The lowest BCUT2D eigenvalue weighted by Gasteiger charge is -2.09. The molecule has 0 atom stereocenters. The maximum Gasteiger partial charge on any atom is 0.250 e. The first kappa shape index (κ1) is 12.9. The molecule has 21 heavy (non-hydrogen) atoms. The summed E-state index contributed by atoms with van der Waals surface area (Å²) in [5.74, 6) is -1.27. The van der Waals surface area contributed by atoms with Crippen molar-refractivity contribution in [2.45, 2.75) is 6.92 Å². The zero-order chi connectivity index (χ0) is 15.3. The van der Waals surface area contributed by atoms with Gasteiger partial charge in [0.05, 0.1) is 11.1 Å². The number of fused-ring (bicyclic) bond motifs is 2. The van der Waals surface area contributed by atoms with Gasteiger partial charge in [0.2, 0.25) is 0 Å². The largest absolute Gasteiger partial charge is 0.507 e. The number of rotatable bonds is 1. The molecule has 106 valence electrons. The minimum absolute atomic E-state index is 0.0708. The molecule has 0 fully saturated rings. The van der Waals surface area contributed by atoms with Crippen LogP contribution in [0.1, 0.15) is 15.9 Å². The smallest absolute Gasteiger partial charge is 0.250 e. The Kier molecular flexibility index (Phi) is 2.59. The van der Waals surface area contributed by atoms with Crippen molar-refractivity contribution in [3.63, 3.8) is 0 Å². The van der Waals surface area contributed by atoms with Gasteiger partial charge >= 0.3 is 0 Å². The highest BCUT2D eigenvalue weighted by atomic mass is 16.3. The molecule has 5 N–H and O–H groups in total. The molecule has 3 rings (SSSR count). The third-order valence-electron chi connectivity index (χ3n) is 3.33. The number of hydrogen-bond donors (Lipinski definition) is 4. The van der Waals surface area contributed by atoms with Gasteiger partial charge in [0, 0.05) is 11.6 Å². The molecule has 0 radical (unpaired) electrons. The SMILES string of the molecule is Cc1c(O)cc2nc3c(O)ccc(C(N)=O)c3nc2c1O. The minimum Gasteiger partial charge on any atom is -0.507 e. The van der Waals surface area contributed by atoms with E-state index in [0.717, 1.165) is 0 Å². The number of amides is 1. The summed E-state index contributed by atoms with van der Waals surface area (Å²) in [5, 5.41) is 29.6. The monoisotopic (exact) mass is 285 g/mol. The van der Waals surface area contributed by atoms with Gasteiger partial charge in [0.25, 0.3) is 5.91 Å². The van der Waals surface area contributed by atoms with Crippen LogP contribution in [0.15, 0.2) is 18.2 Å². The summed E-state index contributed by atoms with van der Waals surface area (Å²) in [6, 6.07) is 3.95. The molecule has 0 spiro atoms. The van der Waals surface area contributed by atoms with E-state index in [-0.39, 0.29) is 50.4 Å². The van der Waals surface area contributed by atoms with Gasteiger partial charge in [0.15, 0.2) is 0 Å². The standard InChI is InChI=1S/C14H11N3O4/c1-5-9(19)4-7-11(13(5)20)17-10-6(14(15)21)2-3-8(18)12(10)16-7/h2-4,18-20H,1H3,(H2,15,21). The fourth-order valence-corrected chi connectivity index (χ4v) is 2.15. The molecule has 0 saturated carbocycles. The van der Waals surface area contributed by atoms with Crippen LogP contribution in [0.3, 0.4) is 0 Å². The normalized spacial score (nSPS) is 11.1. The summed E-state index contributed by atoms with van der Waals surface area (Å²) in [5.41, 5.74) is 6.08. The van der Waals surface area contributed by atoms with E-state index in [0.29, 0.717) is 0 Å². The first-order chi connectivity index (χ1) is 9.90. The van der Waals surface area contributed by atoms with E-state index >= 15 is 0 Å². The number of benzene rings is 2. The second kappa shape index (κ2) is 4.20. The molecule has 0 aliphatic rings. The first-order valence-electron chi connectivity index (χ1n) is 6.05. The number of primary amides is 1. The summed E-state index contributed by atoms with van der Waals surface area (Å²) < 4.78 is 0. The Morgan fingerprint density at radius 1 is 1.05 bits per heavy atom. The third kappa shape index (κ3) is 1.78. The lowest BCUT2D eigenvalue weighted by atomic mass is 10.1. The van der Waals surface area contributed by atoms with Crippen LogP contribution in [0, 0.1) is 6.92 Å². The zero-order valence-corrected chi connectivity index (χ0v) is 11.0. The van der Waals surface area contributed by atoms with Crippen molar-refractivity contribution in [1.82, 2.24) is 9.97 Å². The molecule has 0 bridgehead atoms. The molecule has 1 amide bonds. The molecule has 2 aromatic carbocycles. The number of aromatic hydroxyl groups is 3. The summed E-state index contributed by atoms with van der Waals surface area (Å²) in [4.78, 5) is 19.8. The van der Waals surface area contributed by atoms with Crippen molar-refractivity contribution in [2.24, 2.45) is 5.73 Å². The van der Waals surface area contributed by atoms with Crippen LogP contribution in [0.25, 0.3) is 22.1 Å². The zero-order valence-electron chi connectivity index (χ0n) is 11.0. The second-order valence-electron chi connectivity index (χ2n) is 4.65. The summed E-state index contributed by atoms with van der Waals surface area (Å²) in [7, 11) is 0. The topological polar surface area (TPSA) is 130 Å². The lowest BCUT2D eigenvalue weighted by molar-refractivity contribution is 0.100. The average molecular weight is 285 g/mol. The number of carbonyl (C=O) groups excluding carboxylic acids is 1. The lowest BCUT2D eigenvalue weighted by Crippen LogP contribution is -2.12. The fraction of sp³-hybridized carbons (Fsp3) is 0.0714. The van der Waals surface area contributed by atoms with Crippen LogP contribution >= 0.6 is 0 Å². The van der Waals surface area contributed by atoms with Crippen LogP contribution in [-0.4, -0.2) is 31.2 Å². The number of nitrogens with zero attached hydrogens (tertiary/aromatic N) is 2. The number of phenolic OH excluding ortho intramolecular Hbond substituents is 3. The van der Waals surface area contributed by atoms with Crippen LogP contribution in [0.5, 0.6) is 17.2 Å². The maximum absolute atomic E-state index is 11.4. The Balaban J connectivity index is 2.55. The molecule has 0 saturated heterocycles. The predicted molar refractivity (Wildman–Crippen MR) is 75.3 cm³/mol. The van der Waals surface area contributed by atoms with Crippen LogP contribution in [0.4, 0.5) is 0 Å². The van der Waals surface area contributed by atoms with E-state index in [1.54, 1.807) is 0 Å². The molecule has 3 aromatic rings. The third-order valence-corrected chi connectivity index (χ3v) is 3.33. The van der Waals surface area contributed by atoms with E-state index in [4.69, 9.17) is 5.73 Å². The molecule has 1 heterocycles. The van der Waals surface area contributed by atoms with Crippen LogP contribution in [-0.2, 0) is 0 Å². The Hall–Kier alpha value is -3.09. The second-order valence-corrected chi connectivity index (χ2v) is 4.65. The highest BCUT2D eigenvalue weighted by Crippen LogP contribution is 2.35. The van der Waals surface area contributed by atoms with E-state index in [9.17, 15) is 20.1 Å². The van der Waals surface area contributed by atoms with E-state index in [1.165, 1.54) is 25.1 Å². The van der Waals surface area contributed by atoms with Crippen molar-refractivity contribution in [3.8, 4) is 17.2 Å². The van der Waals surface area contributed by atoms with Crippen molar-refractivity contribution >= 4 is 28.0 Å². The number of hydrogen-bond acceptors (Lipinski definition) is 6. The first-order valence-corrected chi connectivity index (χ1v) is 6.05. The Morgan fingerprint density at radius 3 is 2.43 bits per heavy atom. The maximum atomic E-state index is 11.4. The van der Waals surface area contributed by atoms with Crippen molar-refractivity contribution < 1.29 is 20.1 Å². The Morgan fingerprint density at radius 2 is 1.76 bits per heavy atom. The van der Waals surface area contributed by atoms with Gasteiger partial charge in [-0.25, -0.2) is 9.97 Å². The van der Waals surface area contributed by atoms with E-state index < -0.39 is 5.91 Å². The Labute approximate surface area is 118 Å². The van der Waals surface area contributed by atoms with Crippen molar-refractivity contribution in [3.05, 3.63) is 29.3 Å². The van der Waals surface area contributed by atoms with Gasteiger partial charge in [-0.05, 0) is 19.1 Å². The molecule has 7 heteroatoms. The van der Waals surface area contributed by atoms with Gasteiger partial charge in [-0.3, -0.25) is 4.79 Å². The van der Waals surface area contributed by atoms with Crippen molar-refractivity contribution in [2.75, 3.05) is 0 Å². The van der Waals surface area contributed by atoms with Crippen molar-refractivity contribution in [1.29, 1.82) is 0 Å². The van der Waals surface area contributed by atoms with Crippen LogP contribution in [0.2, 0.25) is 0 Å². The van der Waals surface area contributed by atoms with E-state index in [1.807, 2.05) is 0 Å². The number of phenols is 3. The predicted octanol–water partition coefficient (Wildman–Crippen LogP) is 1.31. The summed E-state index contributed by atoms with van der Waals surface area (Å²) >= 11 is 0. The summed E-state index contributed by atoms with van der Waals surface area (Å²) in [6.07, 6.45) is 0. The fourth-order valence-electron chi connectivity index (χ4n) is 2.15. The van der Waals surface area contributed by atoms with Crippen LogP contribution < -0.4 is 5.73 Å². The molecular weight excluding hydrogens is 274 g/mol. The molecule has 7 nitrogen and oxygen atoms in total. The molecule has 1 aromatic heterocycles. The molecule has 0 aliphatic heterocycles.